The van der Waals surface area contributed by atoms with Gasteiger partial charge >= 0.3 is 6.36 Å². The summed E-state index contributed by atoms with van der Waals surface area (Å²) in [6, 6.07) is 8.02. The molecule has 0 saturated carbocycles. The second-order valence-electron chi connectivity index (χ2n) is 5.58. The fourth-order valence-electron chi connectivity index (χ4n) is 2.10. The first kappa shape index (κ1) is 19.6. The van der Waals surface area contributed by atoms with E-state index in [1.165, 1.54) is 30.3 Å². The van der Waals surface area contributed by atoms with Gasteiger partial charge in [-0.15, -0.1) is 13.2 Å². The molecule has 0 aliphatic carbocycles. The lowest BCUT2D eigenvalue weighted by Gasteiger charge is -2.17. The van der Waals surface area contributed by atoms with Gasteiger partial charge in [-0.25, -0.2) is 9.38 Å². The Hall–Kier alpha value is -2.77. The average Bonchev–Trinajstić information content (AvgIpc) is 2.56. The lowest BCUT2D eigenvalue weighted by Crippen LogP contribution is -2.17. The number of para-hydroxylation sites is 2. The maximum Gasteiger partial charge on any atom is 0.573 e. The van der Waals surface area contributed by atoms with Crippen molar-refractivity contribution in [2.45, 2.75) is 20.2 Å². The van der Waals surface area contributed by atoms with E-state index in [4.69, 9.17) is 0 Å². The Morgan fingerprint density at radius 2 is 1.88 bits per heavy atom. The smallest absolute Gasteiger partial charge is 0.404 e. The van der Waals surface area contributed by atoms with Gasteiger partial charge in [-0.1, -0.05) is 12.1 Å². The largest absolute Gasteiger partial charge is 0.573 e. The quantitative estimate of drug-likeness (QED) is 0.421. The van der Waals surface area contributed by atoms with Gasteiger partial charge in [0, 0.05) is 19.3 Å². The van der Waals surface area contributed by atoms with Crippen LogP contribution >= 0.6 is 0 Å². The van der Waals surface area contributed by atoms with Crippen molar-refractivity contribution in [1.82, 2.24) is 4.90 Å². The number of rotatable bonds is 6. The van der Waals surface area contributed by atoms with E-state index in [0.717, 1.165) is 6.54 Å². The summed E-state index contributed by atoms with van der Waals surface area (Å²) in [6.45, 7) is 4.37. The second kappa shape index (κ2) is 8.07. The molecule has 0 spiro atoms. The van der Waals surface area contributed by atoms with Gasteiger partial charge in [0.05, 0.1) is 17.7 Å². The van der Waals surface area contributed by atoms with Crippen LogP contribution in [0.5, 0.6) is 5.75 Å². The van der Waals surface area contributed by atoms with Crippen LogP contribution in [0.25, 0.3) is 0 Å². The van der Waals surface area contributed by atoms with Gasteiger partial charge < -0.3 is 15.0 Å². The predicted octanol–water partition coefficient (Wildman–Crippen LogP) is 5.39. The maximum absolute atomic E-state index is 13.9. The minimum atomic E-state index is -4.82. The molecule has 8 heteroatoms. The first-order valence-corrected chi connectivity index (χ1v) is 7.86. The minimum absolute atomic E-state index is 0.0686. The number of alkyl halides is 3. The van der Waals surface area contributed by atoms with E-state index >= 15 is 0 Å². The van der Waals surface area contributed by atoms with E-state index in [9.17, 15) is 17.6 Å². The average molecular weight is 369 g/mol. The van der Waals surface area contributed by atoms with E-state index in [2.05, 4.69) is 15.0 Å². The molecule has 140 valence electrons. The number of nitrogens with zero attached hydrogens (tertiary/aromatic N) is 2. The Morgan fingerprint density at radius 3 is 2.54 bits per heavy atom. The molecule has 0 amide bonds. The summed E-state index contributed by atoms with van der Waals surface area (Å²) < 4.78 is 55.6. The van der Waals surface area contributed by atoms with Gasteiger partial charge in [-0.3, -0.25) is 0 Å². The molecule has 0 aromatic heterocycles. The van der Waals surface area contributed by atoms with Crippen molar-refractivity contribution in [2.24, 2.45) is 4.99 Å². The fraction of sp³-hybridized carbons (Fsp3) is 0.278. The van der Waals surface area contributed by atoms with Crippen LogP contribution in [0.15, 0.2) is 41.4 Å². The summed E-state index contributed by atoms with van der Waals surface area (Å²) >= 11 is 0. The van der Waals surface area contributed by atoms with E-state index in [1.807, 2.05) is 18.9 Å². The zero-order valence-corrected chi connectivity index (χ0v) is 14.6. The molecule has 0 fully saturated rings. The predicted molar refractivity (Wildman–Crippen MR) is 94.0 cm³/mol. The molecule has 2 aromatic rings. The Kier molecular flexibility index (Phi) is 6.07. The van der Waals surface area contributed by atoms with Gasteiger partial charge in [0.15, 0.2) is 5.75 Å². The van der Waals surface area contributed by atoms with Gasteiger partial charge in [-0.05, 0) is 43.7 Å². The molecule has 1 N–H and O–H groups in total. The van der Waals surface area contributed by atoms with Crippen molar-refractivity contribution >= 4 is 23.4 Å². The lowest BCUT2D eigenvalue weighted by molar-refractivity contribution is -0.274. The van der Waals surface area contributed by atoms with E-state index in [1.54, 1.807) is 19.3 Å². The van der Waals surface area contributed by atoms with Crippen molar-refractivity contribution in [3.63, 3.8) is 0 Å². The molecular formula is C18H19F4N3O. The molecule has 0 aliphatic rings. The van der Waals surface area contributed by atoms with Gasteiger partial charge in [0.2, 0.25) is 0 Å². The minimum Gasteiger partial charge on any atom is -0.404 e. The molecule has 0 radical (unpaired) electrons. The molecule has 2 aromatic carbocycles. The van der Waals surface area contributed by atoms with Gasteiger partial charge in [-0.2, -0.15) is 0 Å². The molecule has 4 nitrogen and oxygen atoms in total. The van der Waals surface area contributed by atoms with Crippen LogP contribution in [0, 0.1) is 12.7 Å². The molecule has 2 rings (SSSR count). The summed E-state index contributed by atoms with van der Waals surface area (Å²) in [5, 5.41) is 2.79. The number of halogens is 4. The number of aliphatic imine (C=N–C) groups is 1. The number of nitrogens with one attached hydrogen (secondary N) is 1. The molecule has 0 saturated heterocycles. The Bertz CT molecular complexity index is 790. The highest BCUT2D eigenvalue weighted by Gasteiger charge is 2.32. The van der Waals surface area contributed by atoms with Crippen molar-refractivity contribution in [3.8, 4) is 5.75 Å². The van der Waals surface area contributed by atoms with Crippen LogP contribution in [0.1, 0.15) is 12.5 Å². The van der Waals surface area contributed by atoms with Gasteiger partial charge in [0.1, 0.15) is 5.82 Å². The third-order valence-electron chi connectivity index (χ3n) is 3.62. The summed E-state index contributed by atoms with van der Waals surface area (Å²) in [7, 11) is 1.82. The maximum atomic E-state index is 13.9. The molecule has 0 heterocycles. The zero-order valence-electron chi connectivity index (χ0n) is 14.6. The van der Waals surface area contributed by atoms with Crippen LogP contribution in [0.3, 0.4) is 0 Å². The Morgan fingerprint density at radius 1 is 1.19 bits per heavy atom. The normalized spacial score (nSPS) is 11.7. The summed E-state index contributed by atoms with van der Waals surface area (Å²) in [6.07, 6.45) is -3.26. The Labute approximate surface area is 149 Å². The second-order valence-corrected chi connectivity index (χ2v) is 5.58. The SMILES string of the molecule is CCN(C)C=Nc1cc(F)cc(Nc2ccccc2OC(F)(F)F)c1C. The number of ether oxygens (including phenoxy) is 1. The first-order chi connectivity index (χ1) is 12.2. The lowest BCUT2D eigenvalue weighted by atomic mass is 10.1. The highest BCUT2D eigenvalue weighted by atomic mass is 19.4. The molecule has 26 heavy (non-hydrogen) atoms. The van der Waals surface area contributed by atoms with Crippen LogP contribution in [0.4, 0.5) is 34.6 Å². The molecule has 0 aliphatic heterocycles. The highest BCUT2D eigenvalue weighted by molar-refractivity contribution is 5.74. The summed E-state index contributed by atoms with van der Waals surface area (Å²) in [5.41, 5.74) is 1.34. The third-order valence-corrected chi connectivity index (χ3v) is 3.62. The summed E-state index contributed by atoms with van der Waals surface area (Å²) in [4.78, 5) is 6.04. The van der Waals surface area contributed by atoms with E-state index in [0.29, 0.717) is 16.9 Å². The van der Waals surface area contributed by atoms with E-state index in [-0.39, 0.29) is 5.69 Å². The van der Waals surface area contributed by atoms with Crippen molar-refractivity contribution in [3.05, 3.63) is 47.8 Å². The van der Waals surface area contributed by atoms with Gasteiger partial charge in [0.25, 0.3) is 0 Å². The number of benzene rings is 2. The van der Waals surface area contributed by atoms with Crippen LogP contribution in [0.2, 0.25) is 0 Å². The van der Waals surface area contributed by atoms with Crippen LogP contribution < -0.4 is 10.1 Å². The van der Waals surface area contributed by atoms with Crippen molar-refractivity contribution in [1.29, 1.82) is 0 Å². The fourth-order valence-corrected chi connectivity index (χ4v) is 2.10. The standard InChI is InChI=1S/C18H19F4N3O/c1-4-25(3)11-23-15-9-13(19)10-16(12(15)2)24-14-7-5-6-8-17(14)26-18(20,21)22/h5-11,24H,4H2,1-3H3. The van der Waals surface area contributed by atoms with Crippen molar-refractivity contribution in [2.75, 3.05) is 18.9 Å². The molecular weight excluding hydrogens is 350 g/mol. The molecule has 0 atom stereocenters. The van der Waals surface area contributed by atoms with Crippen molar-refractivity contribution < 1.29 is 22.3 Å². The number of hydrogen-bond donors (Lipinski definition) is 1. The third kappa shape index (κ3) is 5.37. The Balaban J connectivity index is 2.36. The van der Waals surface area contributed by atoms with Crippen LogP contribution in [-0.2, 0) is 0 Å². The highest BCUT2D eigenvalue weighted by Crippen LogP contribution is 2.35. The zero-order chi connectivity index (χ0) is 19.3. The number of anilines is 2. The van der Waals surface area contributed by atoms with E-state index < -0.39 is 17.9 Å². The van der Waals surface area contributed by atoms with Crippen LogP contribution in [-0.4, -0.2) is 31.2 Å². The summed E-state index contributed by atoms with van der Waals surface area (Å²) in [5.74, 6) is -0.960. The molecule has 0 bridgehead atoms. The monoisotopic (exact) mass is 369 g/mol. The topological polar surface area (TPSA) is 36.9 Å². The first-order valence-electron chi connectivity index (χ1n) is 7.86. The molecule has 0 unspecified atom stereocenters. The number of hydrogen-bond acceptors (Lipinski definition) is 3.